The summed E-state index contributed by atoms with van der Waals surface area (Å²) >= 11 is 0. The molecule has 0 saturated heterocycles. The Morgan fingerprint density at radius 2 is 0.957 bits per heavy atom. The van der Waals surface area contributed by atoms with Crippen LogP contribution in [0.25, 0.3) is 0 Å². The molecule has 0 amide bonds. The molecule has 0 spiro atoms. The normalized spacial score (nSPS) is 13.2. The third kappa shape index (κ3) is 3.24. The summed E-state index contributed by atoms with van der Waals surface area (Å²) in [7, 11) is 0. The van der Waals surface area contributed by atoms with Crippen molar-refractivity contribution in [2.45, 2.75) is 38.2 Å². The van der Waals surface area contributed by atoms with E-state index in [1.165, 1.54) is 24.3 Å². The average Bonchev–Trinajstić information content (AvgIpc) is 2.46. The summed E-state index contributed by atoms with van der Waals surface area (Å²) < 4.78 is 57.4. The molecular formula is C18H19F4N. The second kappa shape index (κ2) is 5.64. The lowest BCUT2D eigenvalue weighted by atomic mass is 9.91. The fraction of sp³-hybridized carbons (Fsp3) is 0.333. The molecule has 0 aliphatic heterocycles. The van der Waals surface area contributed by atoms with Crippen LogP contribution in [-0.2, 0) is 17.4 Å². The van der Waals surface area contributed by atoms with Gasteiger partial charge in [-0.15, -0.1) is 0 Å². The van der Waals surface area contributed by atoms with Gasteiger partial charge in [0.25, 0.3) is 0 Å². The lowest BCUT2D eigenvalue weighted by Crippen LogP contribution is -2.36. The molecule has 2 aromatic rings. The molecule has 0 saturated carbocycles. The zero-order valence-corrected chi connectivity index (χ0v) is 13.2. The Morgan fingerprint density at radius 1 is 0.652 bits per heavy atom. The topological polar surface area (TPSA) is 26.0 Å². The van der Waals surface area contributed by atoms with Crippen molar-refractivity contribution in [2.24, 2.45) is 5.73 Å². The van der Waals surface area contributed by atoms with Crippen molar-refractivity contribution < 1.29 is 17.6 Å². The zero-order valence-electron chi connectivity index (χ0n) is 13.2. The van der Waals surface area contributed by atoms with Crippen molar-refractivity contribution in [2.75, 3.05) is 0 Å². The Bertz CT molecular complexity index is 668. The van der Waals surface area contributed by atoms with E-state index in [1.807, 2.05) is 0 Å². The van der Waals surface area contributed by atoms with Crippen LogP contribution in [0.3, 0.4) is 0 Å². The van der Waals surface area contributed by atoms with Crippen molar-refractivity contribution in [1.29, 1.82) is 0 Å². The Hall–Kier alpha value is -1.88. The van der Waals surface area contributed by atoms with E-state index in [0.29, 0.717) is 5.56 Å². The van der Waals surface area contributed by atoms with Gasteiger partial charge in [-0.3, -0.25) is 0 Å². The minimum absolute atomic E-state index is 0.593. The van der Waals surface area contributed by atoms with Gasteiger partial charge in [-0.05, 0) is 26.3 Å². The second-order valence-corrected chi connectivity index (χ2v) is 6.31. The number of alkyl halides is 4. The molecule has 0 heterocycles. The van der Waals surface area contributed by atoms with E-state index in [4.69, 9.17) is 5.73 Å². The van der Waals surface area contributed by atoms with E-state index in [-0.39, 0.29) is 0 Å². The van der Waals surface area contributed by atoms with Crippen LogP contribution in [0, 0.1) is 6.92 Å². The predicted molar refractivity (Wildman–Crippen MR) is 82.6 cm³/mol. The zero-order chi connectivity index (χ0) is 17.5. The van der Waals surface area contributed by atoms with Gasteiger partial charge in [-0.1, -0.05) is 54.1 Å². The first kappa shape index (κ1) is 17.5. The Balaban J connectivity index is 2.41. The predicted octanol–water partition coefficient (Wildman–Crippen LogP) is 5.07. The van der Waals surface area contributed by atoms with Gasteiger partial charge in [-0.2, -0.15) is 17.6 Å². The SMILES string of the molecule is Cc1ccc(C(F)(F)C(F)(F)c2ccc(C(C)(C)N)cc2)cc1. The summed E-state index contributed by atoms with van der Waals surface area (Å²) in [6.07, 6.45) is 0. The minimum Gasteiger partial charge on any atom is -0.322 e. The Kier molecular flexibility index (Phi) is 4.28. The highest BCUT2D eigenvalue weighted by Gasteiger charge is 2.58. The largest absolute Gasteiger partial charge is 0.339 e. The van der Waals surface area contributed by atoms with Crippen molar-refractivity contribution in [3.8, 4) is 0 Å². The second-order valence-electron chi connectivity index (χ2n) is 6.31. The van der Waals surface area contributed by atoms with Crippen LogP contribution < -0.4 is 5.73 Å². The molecule has 23 heavy (non-hydrogen) atoms. The lowest BCUT2D eigenvalue weighted by molar-refractivity contribution is -0.223. The number of aryl methyl sites for hydroxylation is 1. The molecule has 2 N–H and O–H groups in total. The summed E-state index contributed by atoms with van der Waals surface area (Å²) in [5.74, 6) is -8.63. The summed E-state index contributed by atoms with van der Waals surface area (Å²) in [5, 5.41) is 0. The molecule has 2 aromatic carbocycles. The quantitative estimate of drug-likeness (QED) is 0.780. The molecule has 0 bridgehead atoms. The van der Waals surface area contributed by atoms with Crippen LogP contribution in [-0.4, -0.2) is 0 Å². The summed E-state index contributed by atoms with van der Waals surface area (Å²) in [6, 6.07) is 9.56. The van der Waals surface area contributed by atoms with Crippen molar-refractivity contribution >= 4 is 0 Å². The third-order valence-corrected chi connectivity index (χ3v) is 3.80. The number of nitrogens with two attached hydrogens (primary N) is 1. The summed E-state index contributed by atoms with van der Waals surface area (Å²) in [5.41, 5.74) is 5.01. The molecule has 5 heteroatoms. The van der Waals surface area contributed by atoms with Gasteiger partial charge in [0, 0.05) is 16.7 Å². The van der Waals surface area contributed by atoms with Gasteiger partial charge in [0.05, 0.1) is 0 Å². The van der Waals surface area contributed by atoms with E-state index in [2.05, 4.69) is 0 Å². The number of benzene rings is 2. The van der Waals surface area contributed by atoms with Crippen molar-refractivity contribution in [3.05, 3.63) is 70.8 Å². The van der Waals surface area contributed by atoms with Crippen LogP contribution in [0.2, 0.25) is 0 Å². The van der Waals surface area contributed by atoms with E-state index in [1.54, 1.807) is 20.8 Å². The first-order chi connectivity index (χ1) is 10.5. The molecule has 0 aliphatic carbocycles. The number of hydrogen-bond acceptors (Lipinski definition) is 1. The fourth-order valence-electron chi connectivity index (χ4n) is 2.23. The first-order valence-corrected chi connectivity index (χ1v) is 7.19. The highest BCUT2D eigenvalue weighted by atomic mass is 19.3. The van der Waals surface area contributed by atoms with Crippen LogP contribution in [0.5, 0.6) is 0 Å². The fourth-order valence-corrected chi connectivity index (χ4v) is 2.23. The van der Waals surface area contributed by atoms with Crippen LogP contribution >= 0.6 is 0 Å². The molecule has 0 atom stereocenters. The van der Waals surface area contributed by atoms with E-state index in [9.17, 15) is 17.6 Å². The Morgan fingerprint density at radius 3 is 1.30 bits per heavy atom. The maximum Gasteiger partial charge on any atom is 0.339 e. The van der Waals surface area contributed by atoms with Gasteiger partial charge in [0.1, 0.15) is 0 Å². The molecule has 2 rings (SSSR count). The van der Waals surface area contributed by atoms with E-state index >= 15 is 0 Å². The molecular weight excluding hydrogens is 306 g/mol. The van der Waals surface area contributed by atoms with Crippen LogP contribution in [0.1, 0.15) is 36.1 Å². The number of hydrogen-bond donors (Lipinski definition) is 1. The third-order valence-electron chi connectivity index (χ3n) is 3.80. The molecule has 0 aromatic heterocycles. The number of rotatable bonds is 4. The highest BCUT2D eigenvalue weighted by molar-refractivity contribution is 5.34. The van der Waals surface area contributed by atoms with Crippen molar-refractivity contribution in [1.82, 2.24) is 0 Å². The van der Waals surface area contributed by atoms with E-state index < -0.39 is 28.5 Å². The number of halogens is 4. The maximum atomic E-state index is 14.4. The van der Waals surface area contributed by atoms with Gasteiger partial charge in [0.2, 0.25) is 0 Å². The molecule has 0 fully saturated rings. The Labute approximate surface area is 133 Å². The molecule has 0 unspecified atom stereocenters. The van der Waals surface area contributed by atoms with Crippen LogP contribution in [0.15, 0.2) is 48.5 Å². The van der Waals surface area contributed by atoms with Gasteiger partial charge in [0.15, 0.2) is 0 Å². The van der Waals surface area contributed by atoms with Gasteiger partial charge >= 0.3 is 11.8 Å². The highest BCUT2D eigenvalue weighted by Crippen LogP contribution is 2.49. The molecule has 124 valence electrons. The average molecular weight is 325 g/mol. The van der Waals surface area contributed by atoms with E-state index in [0.717, 1.165) is 29.8 Å². The minimum atomic E-state index is -4.32. The molecule has 0 aliphatic rings. The maximum absolute atomic E-state index is 14.4. The smallest absolute Gasteiger partial charge is 0.322 e. The molecule has 0 radical (unpaired) electrons. The summed E-state index contributed by atoms with van der Waals surface area (Å²) in [4.78, 5) is 0. The standard InChI is InChI=1S/C18H19F4N/c1-12-4-6-14(7-5-12)17(19,20)18(21,22)15-10-8-13(9-11-15)16(2,3)23/h4-11H,23H2,1-3H3. The first-order valence-electron chi connectivity index (χ1n) is 7.19. The van der Waals surface area contributed by atoms with Gasteiger partial charge in [-0.25, -0.2) is 0 Å². The van der Waals surface area contributed by atoms with Gasteiger partial charge < -0.3 is 5.73 Å². The van der Waals surface area contributed by atoms with Crippen molar-refractivity contribution in [3.63, 3.8) is 0 Å². The lowest BCUT2D eigenvalue weighted by Gasteiger charge is -2.28. The monoisotopic (exact) mass is 325 g/mol. The van der Waals surface area contributed by atoms with Crippen LogP contribution in [0.4, 0.5) is 17.6 Å². The summed E-state index contributed by atoms with van der Waals surface area (Å²) in [6.45, 7) is 5.12. The molecule has 1 nitrogen and oxygen atoms in total.